The molecular formula is C17H34N4O2. The molecule has 6 heteroatoms. The van der Waals surface area contributed by atoms with Gasteiger partial charge in [0.2, 0.25) is 0 Å². The Labute approximate surface area is 140 Å². The molecule has 1 aliphatic heterocycles. The summed E-state index contributed by atoms with van der Waals surface area (Å²) in [7, 11) is 0. The van der Waals surface area contributed by atoms with Gasteiger partial charge in [-0.1, -0.05) is 13.8 Å². The van der Waals surface area contributed by atoms with Crippen molar-refractivity contribution in [3.05, 3.63) is 0 Å². The second kappa shape index (κ2) is 8.99. The molecule has 1 fully saturated rings. The van der Waals surface area contributed by atoms with Crippen molar-refractivity contribution in [1.82, 2.24) is 10.2 Å². The highest BCUT2D eigenvalue weighted by Crippen LogP contribution is 2.20. The SMILES string of the molecule is CC(C)CCNC(N)=NCC1CCCCN1C(=O)OC(C)(C)C. The molecule has 0 aromatic heterocycles. The van der Waals surface area contributed by atoms with Gasteiger partial charge in [0.15, 0.2) is 5.96 Å². The summed E-state index contributed by atoms with van der Waals surface area (Å²) in [6.07, 6.45) is 3.89. The smallest absolute Gasteiger partial charge is 0.410 e. The topological polar surface area (TPSA) is 80.0 Å². The number of hydrogen-bond donors (Lipinski definition) is 2. The largest absolute Gasteiger partial charge is 0.444 e. The number of piperidine rings is 1. The molecule has 23 heavy (non-hydrogen) atoms. The standard InChI is InChI=1S/C17H34N4O2/c1-13(2)9-10-19-15(18)20-12-14-8-6-7-11-21(14)16(22)23-17(3,4)5/h13-14H,6-12H2,1-5H3,(H3,18,19,20). The van der Waals surface area contributed by atoms with Crippen LogP contribution in [-0.4, -0.2) is 48.2 Å². The Hall–Kier alpha value is -1.46. The number of likely N-dealkylation sites (tertiary alicyclic amines) is 1. The lowest BCUT2D eigenvalue weighted by Crippen LogP contribution is -2.48. The molecule has 0 aromatic carbocycles. The fourth-order valence-electron chi connectivity index (χ4n) is 2.50. The van der Waals surface area contributed by atoms with Crippen molar-refractivity contribution in [2.24, 2.45) is 16.6 Å². The molecule has 1 rings (SSSR count). The van der Waals surface area contributed by atoms with Crippen LogP contribution in [0.15, 0.2) is 4.99 Å². The lowest BCUT2D eigenvalue weighted by atomic mass is 10.0. The van der Waals surface area contributed by atoms with Gasteiger partial charge in [0.25, 0.3) is 0 Å². The fraction of sp³-hybridized carbons (Fsp3) is 0.882. The van der Waals surface area contributed by atoms with Crippen molar-refractivity contribution in [2.75, 3.05) is 19.6 Å². The minimum Gasteiger partial charge on any atom is -0.444 e. The van der Waals surface area contributed by atoms with Crippen LogP contribution in [0.3, 0.4) is 0 Å². The number of amides is 1. The van der Waals surface area contributed by atoms with E-state index < -0.39 is 5.60 Å². The molecule has 1 aliphatic rings. The molecule has 0 aliphatic carbocycles. The highest BCUT2D eigenvalue weighted by molar-refractivity contribution is 5.77. The first-order valence-corrected chi connectivity index (χ1v) is 8.72. The number of nitrogens with one attached hydrogen (secondary N) is 1. The van der Waals surface area contributed by atoms with E-state index in [1.165, 1.54) is 0 Å². The van der Waals surface area contributed by atoms with E-state index in [1.54, 1.807) is 4.90 Å². The van der Waals surface area contributed by atoms with Crippen molar-refractivity contribution in [3.8, 4) is 0 Å². The van der Waals surface area contributed by atoms with E-state index in [4.69, 9.17) is 10.5 Å². The number of hydrogen-bond acceptors (Lipinski definition) is 3. The van der Waals surface area contributed by atoms with E-state index in [0.717, 1.165) is 38.8 Å². The molecule has 0 saturated carbocycles. The third-order valence-electron chi connectivity index (χ3n) is 3.76. The summed E-state index contributed by atoms with van der Waals surface area (Å²) in [5, 5.41) is 3.13. The highest BCUT2D eigenvalue weighted by Gasteiger charge is 2.30. The molecule has 0 radical (unpaired) electrons. The van der Waals surface area contributed by atoms with Crippen molar-refractivity contribution < 1.29 is 9.53 Å². The predicted octanol–water partition coefficient (Wildman–Crippen LogP) is 2.73. The Bertz CT molecular complexity index is 402. The number of carbonyl (C=O) groups excluding carboxylic acids is 1. The third kappa shape index (κ3) is 8.09. The molecule has 0 spiro atoms. The van der Waals surface area contributed by atoms with Gasteiger partial charge in [-0.2, -0.15) is 0 Å². The Balaban J connectivity index is 2.52. The predicted molar refractivity (Wildman–Crippen MR) is 94.5 cm³/mol. The summed E-state index contributed by atoms with van der Waals surface area (Å²) >= 11 is 0. The molecule has 1 saturated heterocycles. The van der Waals surface area contributed by atoms with E-state index in [1.807, 2.05) is 20.8 Å². The molecule has 0 aromatic rings. The molecule has 1 unspecified atom stereocenters. The summed E-state index contributed by atoms with van der Waals surface area (Å²) in [5.41, 5.74) is 5.43. The lowest BCUT2D eigenvalue weighted by Gasteiger charge is -2.36. The van der Waals surface area contributed by atoms with Crippen LogP contribution in [0.1, 0.15) is 60.3 Å². The number of aliphatic imine (C=N–C) groups is 1. The quantitative estimate of drug-likeness (QED) is 0.601. The molecule has 6 nitrogen and oxygen atoms in total. The van der Waals surface area contributed by atoms with Crippen LogP contribution in [0.5, 0.6) is 0 Å². The van der Waals surface area contributed by atoms with Gasteiger partial charge in [-0.3, -0.25) is 4.99 Å². The van der Waals surface area contributed by atoms with Crippen LogP contribution in [0.4, 0.5) is 4.79 Å². The zero-order valence-corrected chi connectivity index (χ0v) is 15.4. The lowest BCUT2D eigenvalue weighted by molar-refractivity contribution is 0.0110. The average Bonchev–Trinajstić information content (AvgIpc) is 2.43. The van der Waals surface area contributed by atoms with Gasteiger partial charge in [0.1, 0.15) is 5.60 Å². The number of rotatable bonds is 5. The summed E-state index contributed by atoms with van der Waals surface area (Å²) in [6.45, 7) is 12.1. The Morgan fingerprint density at radius 3 is 2.70 bits per heavy atom. The van der Waals surface area contributed by atoms with Gasteiger partial charge in [0, 0.05) is 13.1 Å². The van der Waals surface area contributed by atoms with Gasteiger partial charge >= 0.3 is 6.09 Å². The third-order valence-corrected chi connectivity index (χ3v) is 3.76. The molecule has 1 heterocycles. The van der Waals surface area contributed by atoms with Gasteiger partial charge in [-0.15, -0.1) is 0 Å². The van der Waals surface area contributed by atoms with Crippen LogP contribution in [0.2, 0.25) is 0 Å². The summed E-state index contributed by atoms with van der Waals surface area (Å²) in [4.78, 5) is 18.5. The monoisotopic (exact) mass is 326 g/mol. The maximum absolute atomic E-state index is 12.3. The van der Waals surface area contributed by atoms with Crippen molar-refractivity contribution in [3.63, 3.8) is 0 Å². The first kappa shape index (κ1) is 19.6. The fourth-order valence-corrected chi connectivity index (χ4v) is 2.50. The van der Waals surface area contributed by atoms with Crippen molar-refractivity contribution in [2.45, 2.75) is 71.9 Å². The van der Waals surface area contributed by atoms with E-state index in [0.29, 0.717) is 18.4 Å². The van der Waals surface area contributed by atoms with Crippen molar-refractivity contribution in [1.29, 1.82) is 0 Å². The Morgan fingerprint density at radius 2 is 2.09 bits per heavy atom. The average molecular weight is 326 g/mol. The minimum absolute atomic E-state index is 0.0732. The number of carbonyl (C=O) groups is 1. The second-order valence-corrected chi connectivity index (χ2v) is 7.66. The molecule has 1 atom stereocenters. The van der Waals surface area contributed by atoms with Gasteiger partial charge in [-0.05, 0) is 52.4 Å². The van der Waals surface area contributed by atoms with Gasteiger partial charge in [0.05, 0.1) is 12.6 Å². The van der Waals surface area contributed by atoms with E-state index in [2.05, 4.69) is 24.2 Å². The normalized spacial score (nSPS) is 19.8. The summed E-state index contributed by atoms with van der Waals surface area (Å²) in [5.74, 6) is 1.09. The van der Waals surface area contributed by atoms with E-state index in [9.17, 15) is 4.79 Å². The van der Waals surface area contributed by atoms with Crippen LogP contribution in [0.25, 0.3) is 0 Å². The zero-order valence-electron chi connectivity index (χ0n) is 15.4. The first-order valence-electron chi connectivity index (χ1n) is 8.72. The van der Waals surface area contributed by atoms with Crippen molar-refractivity contribution >= 4 is 12.1 Å². The Kier molecular flexibility index (Phi) is 7.65. The molecule has 0 bridgehead atoms. The summed E-state index contributed by atoms with van der Waals surface area (Å²) in [6, 6.07) is 0.0732. The maximum Gasteiger partial charge on any atom is 0.410 e. The van der Waals surface area contributed by atoms with Crippen LogP contribution >= 0.6 is 0 Å². The second-order valence-electron chi connectivity index (χ2n) is 7.66. The number of guanidine groups is 1. The molecular weight excluding hydrogens is 292 g/mol. The highest BCUT2D eigenvalue weighted by atomic mass is 16.6. The van der Waals surface area contributed by atoms with Crippen LogP contribution in [-0.2, 0) is 4.74 Å². The zero-order chi connectivity index (χ0) is 17.5. The minimum atomic E-state index is -0.472. The molecule has 134 valence electrons. The van der Waals surface area contributed by atoms with Gasteiger partial charge < -0.3 is 20.7 Å². The number of nitrogens with zero attached hydrogens (tertiary/aromatic N) is 2. The Morgan fingerprint density at radius 1 is 1.39 bits per heavy atom. The van der Waals surface area contributed by atoms with Crippen LogP contribution < -0.4 is 11.1 Å². The maximum atomic E-state index is 12.3. The first-order chi connectivity index (χ1) is 10.7. The van der Waals surface area contributed by atoms with E-state index >= 15 is 0 Å². The van der Waals surface area contributed by atoms with E-state index in [-0.39, 0.29) is 12.1 Å². The van der Waals surface area contributed by atoms with Crippen LogP contribution in [0, 0.1) is 5.92 Å². The number of nitrogens with two attached hydrogens (primary N) is 1. The molecule has 3 N–H and O–H groups in total. The van der Waals surface area contributed by atoms with Gasteiger partial charge in [-0.25, -0.2) is 4.79 Å². The summed E-state index contributed by atoms with van der Waals surface area (Å²) < 4.78 is 5.50. The molecule has 1 amide bonds. The number of ether oxygens (including phenoxy) is 1.